The molecule has 0 bridgehead atoms. The van der Waals surface area contributed by atoms with Gasteiger partial charge in [0.1, 0.15) is 22.6 Å². The highest BCUT2D eigenvalue weighted by Crippen LogP contribution is 2.31. The maximum absolute atomic E-state index is 8.89. The van der Waals surface area contributed by atoms with E-state index < -0.39 is 0 Å². The normalized spacial score (nSPS) is 11.2. The number of furan rings is 1. The van der Waals surface area contributed by atoms with Gasteiger partial charge in [0.25, 0.3) is 0 Å². The van der Waals surface area contributed by atoms with Gasteiger partial charge >= 0.3 is 0 Å². The van der Waals surface area contributed by atoms with Crippen molar-refractivity contribution in [2.45, 2.75) is 0 Å². The second-order valence-electron chi connectivity index (χ2n) is 3.86. The molecule has 1 heterocycles. The first kappa shape index (κ1) is 14.6. The fraction of sp³-hybridized carbons (Fsp3) is 0. The van der Waals surface area contributed by atoms with Gasteiger partial charge < -0.3 is 10.2 Å². The lowest BCUT2D eigenvalue weighted by Crippen LogP contribution is -2.09. The third-order valence-corrected chi connectivity index (χ3v) is 3.26. The molecule has 0 amide bonds. The maximum atomic E-state index is 8.89. The van der Waals surface area contributed by atoms with Gasteiger partial charge in [-0.15, -0.1) is 0 Å². The Hall–Kier alpha value is -1.80. The van der Waals surface area contributed by atoms with Crippen LogP contribution in [0.2, 0.25) is 10.0 Å². The molecular formula is C14H8Cl2N2OS. The Labute approximate surface area is 131 Å². The molecule has 6 heteroatoms. The molecule has 0 aliphatic heterocycles. The monoisotopic (exact) mass is 322 g/mol. The Balaban J connectivity index is 2.39. The van der Waals surface area contributed by atoms with Gasteiger partial charge in [-0.05, 0) is 30.3 Å². The van der Waals surface area contributed by atoms with Crippen LogP contribution in [0.4, 0.5) is 0 Å². The lowest BCUT2D eigenvalue weighted by atomic mass is 10.2. The third kappa shape index (κ3) is 3.20. The largest absolute Gasteiger partial charge is 0.457 e. The van der Waals surface area contributed by atoms with Crippen molar-refractivity contribution in [2.75, 3.05) is 0 Å². The third-order valence-electron chi connectivity index (χ3n) is 2.50. The number of benzene rings is 1. The first-order valence-electron chi connectivity index (χ1n) is 5.48. The van der Waals surface area contributed by atoms with Crippen LogP contribution in [0.3, 0.4) is 0 Å². The summed E-state index contributed by atoms with van der Waals surface area (Å²) in [5.41, 5.74) is 6.31. The van der Waals surface area contributed by atoms with Crippen LogP contribution in [0, 0.1) is 11.3 Å². The van der Waals surface area contributed by atoms with Crippen molar-refractivity contribution >= 4 is 46.5 Å². The predicted octanol–water partition coefficient (Wildman–Crippen LogP) is 4.45. The van der Waals surface area contributed by atoms with Crippen molar-refractivity contribution in [3.8, 4) is 17.4 Å². The van der Waals surface area contributed by atoms with Gasteiger partial charge in [-0.25, -0.2) is 0 Å². The second kappa shape index (κ2) is 6.10. The van der Waals surface area contributed by atoms with Crippen LogP contribution in [0.25, 0.3) is 17.4 Å². The molecule has 3 nitrogen and oxygen atoms in total. The Kier molecular flexibility index (Phi) is 4.46. The molecule has 0 aliphatic carbocycles. The van der Waals surface area contributed by atoms with Crippen molar-refractivity contribution in [3.05, 3.63) is 51.7 Å². The Morgan fingerprint density at radius 3 is 2.65 bits per heavy atom. The zero-order valence-electron chi connectivity index (χ0n) is 10.1. The van der Waals surface area contributed by atoms with E-state index >= 15 is 0 Å². The van der Waals surface area contributed by atoms with E-state index in [4.69, 9.17) is 50.8 Å². The highest BCUT2D eigenvalue weighted by Gasteiger charge is 2.09. The molecule has 20 heavy (non-hydrogen) atoms. The molecule has 2 aromatic rings. The molecule has 1 aromatic carbocycles. The van der Waals surface area contributed by atoms with Crippen LogP contribution < -0.4 is 5.73 Å². The van der Waals surface area contributed by atoms with Crippen LogP contribution in [0.1, 0.15) is 5.76 Å². The SMILES string of the molecule is N#CC(=Cc1ccc(-c2ccc(Cl)cc2Cl)o1)C(N)=S. The quantitative estimate of drug-likeness (QED) is 0.515. The van der Waals surface area contributed by atoms with E-state index in [-0.39, 0.29) is 10.6 Å². The van der Waals surface area contributed by atoms with Crippen LogP contribution >= 0.6 is 35.4 Å². The molecule has 2 N–H and O–H groups in total. The lowest BCUT2D eigenvalue weighted by Gasteiger charge is -2.00. The van der Waals surface area contributed by atoms with Gasteiger partial charge in [-0.3, -0.25) is 0 Å². The van der Waals surface area contributed by atoms with Crippen LogP contribution in [0.15, 0.2) is 40.3 Å². The minimum atomic E-state index is 0.0231. The first-order valence-corrected chi connectivity index (χ1v) is 6.64. The van der Waals surface area contributed by atoms with Crippen molar-refractivity contribution in [3.63, 3.8) is 0 Å². The second-order valence-corrected chi connectivity index (χ2v) is 5.14. The minimum Gasteiger partial charge on any atom is -0.457 e. The van der Waals surface area contributed by atoms with E-state index in [1.165, 1.54) is 6.08 Å². The highest BCUT2D eigenvalue weighted by molar-refractivity contribution is 7.80. The van der Waals surface area contributed by atoms with E-state index in [2.05, 4.69) is 0 Å². The molecule has 2 rings (SSSR count). The number of rotatable bonds is 3. The molecule has 1 aromatic heterocycles. The number of halogens is 2. The van der Waals surface area contributed by atoms with Gasteiger partial charge in [-0.2, -0.15) is 5.26 Å². The number of nitrogens with two attached hydrogens (primary N) is 1. The zero-order chi connectivity index (χ0) is 14.7. The summed E-state index contributed by atoms with van der Waals surface area (Å²) in [6.07, 6.45) is 1.48. The van der Waals surface area contributed by atoms with E-state index in [1.807, 2.05) is 6.07 Å². The first-order chi connectivity index (χ1) is 9.51. The summed E-state index contributed by atoms with van der Waals surface area (Å²) in [6.45, 7) is 0. The molecule has 0 radical (unpaired) electrons. The van der Waals surface area contributed by atoms with Gasteiger partial charge in [0.15, 0.2) is 0 Å². The molecule has 0 saturated heterocycles. The van der Waals surface area contributed by atoms with Gasteiger partial charge in [0, 0.05) is 16.7 Å². The molecular weight excluding hydrogens is 315 g/mol. The summed E-state index contributed by atoms with van der Waals surface area (Å²) < 4.78 is 5.60. The molecule has 0 aliphatic rings. The molecule has 0 fully saturated rings. The summed E-state index contributed by atoms with van der Waals surface area (Å²) in [4.78, 5) is 0.0231. The predicted molar refractivity (Wildman–Crippen MR) is 84.5 cm³/mol. The summed E-state index contributed by atoms with van der Waals surface area (Å²) in [6, 6.07) is 10.5. The number of hydrogen-bond donors (Lipinski definition) is 1. The molecule has 100 valence electrons. The smallest absolute Gasteiger partial charge is 0.136 e. The van der Waals surface area contributed by atoms with E-state index in [9.17, 15) is 0 Å². The fourth-order valence-corrected chi connectivity index (χ4v) is 2.17. The highest BCUT2D eigenvalue weighted by atomic mass is 35.5. The van der Waals surface area contributed by atoms with Crippen LogP contribution in [0.5, 0.6) is 0 Å². The minimum absolute atomic E-state index is 0.0231. The fourth-order valence-electron chi connectivity index (χ4n) is 1.57. The summed E-state index contributed by atoms with van der Waals surface area (Å²) in [7, 11) is 0. The average molecular weight is 323 g/mol. The summed E-state index contributed by atoms with van der Waals surface area (Å²) in [5.74, 6) is 1.04. The average Bonchev–Trinajstić information content (AvgIpc) is 2.83. The zero-order valence-corrected chi connectivity index (χ0v) is 12.4. The van der Waals surface area contributed by atoms with Crippen molar-refractivity contribution in [2.24, 2.45) is 5.73 Å². The van der Waals surface area contributed by atoms with Crippen molar-refractivity contribution in [1.29, 1.82) is 5.26 Å². The van der Waals surface area contributed by atoms with Crippen LogP contribution in [-0.2, 0) is 0 Å². The number of thiocarbonyl (C=S) groups is 1. The van der Waals surface area contributed by atoms with Crippen molar-refractivity contribution in [1.82, 2.24) is 0 Å². The van der Waals surface area contributed by atoms with E-state index in [1.54, 1.807) is 30.3 Å². The van der Waals surface area contributed by atoms with Crippen LogP contribution in [-0.4, -0.2) is 4.99 Å². The van der Waals surface area contributed by atoms with Gasteiger partial charge in [0.05, 0.1) is 10.6 Å². The topological polar surface area (TPSA) is 63.0 Å². The summed E-state index contributed by atoms with van der Waals surface area (Å²) >= 11 is 16.7. The number of hydrogen-bond acceptors (Lipinski definition) is 3. The number of nitriles is 1. The molecule has 0 atom stereocenters. The van der Waals surface area contributed by atoms with E-state index in [0.717, 1.165) is 0 Å². The summed E-state index contributed by atoms with van der Waals surface area (Å²) in [5, 5.41) is 9.92. The standard InChI is InChI=1S/C14H8Cl2N2OS/c15-9-1-3-11(12(16)6-9)13-4-2-10(19-13)5-8(7-17)14(18)20/h1-6H,(H2,18,20). The number of nitrogens with zero attached hydrogens (tertiary/aromatic N) is 1. The molecule has 0 unspecified atom stereocenters. The maximum Gasteiger partial charge on any atom is 0.136 e. The van der Waals surface area contributed by atoms with Gasteiger partial charge in [-0.1, -0.05) is 35.4 Å². The lowest BCUT2D eigenvalue weighted by molar-refractivity contribution is 0.571. The molecule has 0 saturated carbocycles. The van der Waals surface area contributed by atoms with Crippen molar-refractivity contribution < 1.29 is 4.42 Å². The Morgan fingerprint density at radius 2 is 2.05 bits per heavy atom. The Morgan fingerprint density at radius 1 is 1.30 bits per heavy atom. The Bertz CT molecular complexity index is 744. The van der Waals surface area contributed by atoms with Gasteiger partial charge in [0.2, 0.25) is 0 Å². The molecule has 0 spiro atoms. The van der Waals surface area contributed by atoms with E-state index in [0.29, 0.717) is 27.1 Å².